The van der Waals surface area contributed by atoms with Gasteiger partial charge in [-0.3, -0.25) is 4.90 Å². The molecule has 2 nitrogen and oxygen atoms in total. The molecule has 1 aliphatic carbocycles. The Morgan fingerprint density at radius 2 is 1.94 bits per heavy atom. The van der Waals surface area contributed by atoms with Gasteiger partial charge in [-0.05, 0) is 44.2 Å². The van der Waals surface area contributed by atoms with E-state index in [1.807, 2.05) is 0 Å². The summed E-state index contributed by atoms with van der Waals surface area (Å²) in [6, 6.07) is 10.7. The zero-order chi connectivity index (χ0) is 13.0. The summed E-state index contributed by atoms with van der Waals surface area (Å²) in [5, 5.41) is 0. The van der Waals surface area contributed by atoms with Crippen LogP contribution in [0.4, 0.5) is 0 Å². The largest absolute Gasteiger partial charge is 0.329 e. The first kappa shape index (κ1) is 13.6. The van der Waals surface area contributed by atoms with E-state index in [1.165, 1.54) is 24.8 Å². The maximum atomic E-state index is 6.09. The van der Waals surface area contributed by atoms with E-state index in [4.69, 9.17) is 5.73 Å². The van der Waals surface area contributed by atoms with E-state index >= 15 is 0 Å². The fraction of sp³-hybridized carbons (Fsp3) is 0.625. The van der Waals surface area contributed by atoms with Gasteiger partial charge in [0.1, 0.15) is 0 Å². The molecule has 1 saturated carbocycles. The van der Waals surface area contributed by atoms with Crippen molar-refractivity contribution in [3.63, 3.8) is 0 Å². The van der Waals surface area contributed by atoms with Gasteiger partial charge in [-0.25, -0.2) is 0 Å². The molecule has 0 bridgehead atoms. The molecule has 100 valence electrons. The van der Waals surface area contributed by atoms with Crippen molar-refractivity contribution in [2.45, 2.75) is 38.1 Å². The van der Waals surface area contributed by atoms with E-state index in [-0.39, 0.29) is 5.54 Å². The van der Waals surface area contributed by atoms with Crippen LogP contribution in [0.5, 0.6) is 0 Å². The number of nitrogens with zero attached hydrogens (tertiary/aromatic N) is 1. The predicted molar refractivity (Wildman–Crippen MR) is 77.6 cm³/mol. The summed E-state index contributed by atoms with van der Waals surface area (Å²) in [4.78, 5) is 2.51. The molecule has 2 N–H and O–H groups in total. The minimum absolute atomic E-state index is 0.245. The van der Waals surface area contributed by atoms with Gasteiger partial charge in [0.05, 0.1) is 0 Å². The van der Waals surface area contributed by atoms with Crippen LogP contribution in [0, 0.1) is 5.92 Å². The number of nitrogens with two attached hydrogens (primary N) is 1. The molecule has 0 spiro atoms. The second kappa shape index (κ2) is 5.85. The zero-order valence-corrected chi connectivity index (χ0v) is 11.7. The quantitative estimate of drug-likeness (QED) is 0.801. The second-order valence-electron chi connectivity index (χ2n) is 5.59. The number of benzene rings is 1. The van der Waals surface area contributed by atoms with E-state index in [2.05, 4.69) is 49.2 Å². The minimum atomic E-state index is 0.245. The summed E-state index contributed by atoms with van der Waals surface area (Å²) >= 11 is 0. The van der Waals surface area contributed by atoms with Crippen molar-refractivity contribution in [2.75, 3.05) is 20.1 Å². The third-order valence-corrected chi connectivity index (χ3v) is 4.64. The molecule has 1 fully saturated rings. The minimum Gasteiger partial charge on any atom is -0.329 e. The van der Waals surface area contributed by atoms with E-state index in [9.17, 15) is 0 Å². The molecule has 2 heteroatoms. The van der Waals surface area contributed by atoms with Gasteiger partial charge in [0, 0.05) is 18.6 Å². The molecule has 1 aromatic carbocycles. The zero-order valence-electron chi connectivity index (χ0n) is 11.7. The summed E-state index contributed by atoms with van der Waals surface area (Å²) in [6.07, 6.45) is 5.01. The Bertz CT molecular complexity index is 353. The van der Waals surface area contributed by atoms with Gasteiger partial charge in [0.15, 0.2) is 0 Å². The number of rotatable bonds is 7. The lowest BCUT2D eigenvalue weighted by atomic mass is 9.88. The van der Waals surface area contributed by atoms with Crippen LogP contribution >= 0.6 is 0 Å². The van der Waals surface area contributed by atoms with Crippen molar-refractivity contribution in [3.8, 4) is 0 Å². The molecule has 0 radical (unpaired) electrons. The fourth-order valence-electron chi connectivity index (χ4n) is 3.12. The SMILES string of the molecule is CCC(CN)(C1CC1)N(C)CCc1ccccc1. The third-order valence-electron chi connectivity index (χ3n) is 4.64. The molecule has 0 heterocycles. The Hall–Kier alpha value is -0.860. The summed E-state index contributed by atoms with van der Waals surface area (Å²) in [7, 11) is 2.25. The number of hydrogen-bond acceptors (Lipinski definition) is 2. The van der Waals surface area contributed by atoms with Crippen LogP contribution in [0.1, 0.15) is 31.7 Å². The predicted octanol–water partition coefficient (Wildman–Crippen LogP) is 2.68. The third kappa shape index (κ3) is 2.76. The van der Waals surface area contributed by atoms with Crippen LogP contribution in [0.15, 0.2) is 30.3 Å². The first-order valence-corrected chi connectivity index (χ1v) is 7.18. The van der Waals surface area contributed by atoms with Gasteiger partial charge in [0.25, 0.3) is 0 Å². The molecule has 0 amide bonds. The Morgan fingerprint density at radius 1 is 1.28 bits per heavy atom. The van der Waals surface area contributed by atoms with Crippen molar-refractivity contribution < 1.29 is 0 Å². The molecule has 1 aliphatic rings. The van der Waals surface area contributed by atoms with Crippen LogP contribution in [-0.4, -0.2) is 30.6 Å². The molecule has 1 atom stereocenters. The highest BCUT2D eigenvalue weighted by Crippen LogP contribution is 2.44. The van der Waals surface area contributed by atoms with Gasteiger partial charge in [0.2, 0.25) is 0 Å². The lowest BCUT2D eigenvalue weighted by molar-refractivity contribution is 0.0979. The van der Waals surface area contributed by atoms with Gasteiger partial charge in [-0.2, -0.15) is 0 Å². The van der Waals surface area contributed by atoms with Crippen LogP contribution < -0.4 is 5.73 Å². The fourth-order valence-corrected chi connectivity index (χ4v) is 3.12. The van der Waals surface area contributed by atoms with Crippen molar-refractivity contribution >= 4 is 0 Å². The molecule has 1 unspecified atom stereocenters. The highest BCUT2D eigenvalue weighted by molar-refractivity contribution is 5.15. The maximum absolute atomic E-state index is 6.09. The van der Waals surface area contributed by atoms with Crippen molar-refractivity contribution in [3.05, 3.63) is 35.9 Å². The van der Waals surface area contributed by atoms with Crippen molar-refractivity contribution in [1.29, 1.82) is 0 Å². The molecule has 0 saturated heterocycles. The Labute approximate surface area is 111 Å². The molecular formula is C16H26N2. The summed E-state index contributed by atoms with van der Waals surface area (Å²) in [5.74, 6) is 0.827. The van der Waals surface area contributed by atoms with E-state index in [1.54, 1.807) is 0 Å². The summed E-state index contributed by atoms with van der Waals surface area (Å²) in [6.45, 7) is 4.18. The number of likely N-dealkylation sites (N-methyl/N-ethyl adjacent to an activating group) is 1. The summed E-state index contributed by atoms with van der Waals surface area (Å²) in [5.41, 5.74) is 7.75. The standard InChI is InChI=1S/C16H26N2/c1-3-16(13-17,15-9-10-15)18(2)12-11-14-7-5-4-6-8-14/h4-8,15H,3,9-13,17H2,1-2H3. The van der Waals surface area contributed by atoms with Gasteiger partial charge >= 0.3 is 0 Å². The lowest BCUT2D eigenvalue weighted by Crippen LogP contribution is -2.54. The van der Waals surface area contributed by atoms with Crippen LogP contribution in [-0.2, 0) is 6.42 Å². The Morgan fingerprint density at radius 3 is 2.44 bits per heavy atom. The van der Waals surface area contributed by atoms with E-state index in [0.29, 0.717) is 0 Å². The van der Waals surface area contributed by atoms with Gasteiger partial charge < -0.3 is 5.73 Å². The Balaban J connectivity index is 1.95. The molecule has 1 aromatic rings. The van der Waals surface area contributed by atoms with Gasteiger partial charge in [-0.1, -0.05) is 37.3 Å². The summed E-state index contributed by atoms with van der Waals surface area (Å²) < 4.78 is 0. The first-order valence-electron chi connectivity index (χ1n) is 7.18. The molecule has 0 aromatic heterocycles. The second-order valence-corrected chi connectivity index (χ2v) is 5.59. The molecular weight excluding hydrogens is 220 g/mol. The molecule has 18 heavy (non-hydrogen) atoms. The number of hydrogen-bond donors (Lipinski definition) is 1. The average Bonchev–Trinajstić information content (AvgIpc) is 3.25. The lowest BCUT2D eigenvalue weighted by Gasteiger charge is -2.41. The topological polar surface area (TPSA) is 29.3 Å². The van der Waals surface area contributed by atoms with Crippen molar-refractivity contribution in [1.82, 2.24) is 4.90 Å². The Kier molecular flexibility index (Phi) is 4.41. The maximum Gasteiger partial charge on any atom is 0.0354 e. The highest BCUT2D eigenvalue weighted by atomic mass is 15.2. The smallest absolute Gasteiger partial charge is 0.0354 e. The molecule has 2 rings (SSSR count). The van der Waals surface area contributed by atoms with Crippen molar-refractivity contribution in [2.24, 2.45) is 11.7 Å². The van der Waals surface area contributed by atoms with Crippen LogP contribution in [0.25, 0.3) is 0 Å². The van der Waals surface area contributed by atoms with Gasteiger partial charge in [-0.15, -0.1) is 0 Å². The average molecular weight is 246 g/mol. The van der Waals surface area contributed by atoms with Crippen LogP contribution in [0.2, 0.25) is 0 Å². The normalized spacial score (nSPS) is 18.9. The van der Waals surface area contributed by atoms with Crippen LogP contribution in [0.3, 0.4) is 0 Å². The monoisotopic (exact) mass is 246 g/mol. The van der Waals surface area contributed by atoms with E-state index < -0.39 is 0 Å². The highest BCUT2D eigenvalue weighted by Gasteiger charge is 2.45. The molecule has 0 aliphatic heterocycles. The first-order chi connectivity index (χ1) is 8.73. The van der Waals surface area contributed by atoms with E-state index in [0.717, 1.165) is 25.4 Å².